The number of ether oxygens (including phenoxy) is 1. The third-order valence-electron chi connectivity index (χ3n) is 7.52. The minimum absolute atomic E-state index is 0.0258. The average molecular weight is 611 g/mol. The van der Waals surface area contributed by atoms with E-state index < -0.39 is 17.7 Å². The lowest BCUT2D eigenvalue weighted by molar-refractivity contribution is -0.141. The first-order valence-electron chi connectivity index (χ1n) is 16.7. The van der Waals surface area contributed by atoms with Gasteiger partial charge in [0.1, 0.15) is 0 Å². The van der Waals surface area contributed by atoms with Crippen molar-refractivity contribution in [1.29, 1.82) is 0 Å². The van der Waals surface area contributed by atoms with Gasteiger partial charge in [-0.1, -0.05) is 98.3 Å². The molecule has 242 valence electrons. The van der Waals surface area contributed by atoms with E-state index in [0.717, 1.165) is 19.3 Å². The molecule has 0 aliphatic carbocycles. The molecule has 0 aromatic rings. The number of carbonyl (C=O) groups excluding carboxylic acids is 1. The smallest absolute Gasteiger partial charge is 0.302 e. The summed E-state index contributed by atoms with van der Waals surface area (Å²) in [5.74, 6) is -0.130. The van der Waals surface area contributed by atoms with Gasteiger partial charge < -0.3 is 9.29 Å². The van der Waals surface area contributed by atoms with Crippen molar-refractivity contribution in [2.45, 2.75) is 163 Å². The first-order chi connectivity index (χ1) is 19.2. The summed E-state index contributed by atoms with van der Waals surface area (Å²) in [4.78, 5) is 11.0. The number of hydrogen-bond donors (Lipinski definition) is 0. The minimum Gasteiger partial charge on any atom is -0.726 e. The van der Waals surface area contributed by atoms with Gasteiger partial charge in [0.25, 0.3) is 0 Å². The molecule has 0 aromatic carbocycles. The van der Waals surface area contributed by atoms with Crippen LogP contribution in [0.15, 0.2) is 0 Å². The van der Waals surface area contributed by atoms with E-state index in [9.17, 15) is 17.8 Å². The van der Waals surface area contributed by atoms with E-state index in [4.69, 9.17) is 4.74 Å². The second-order valence-corrected chi connectivity index (χ2v) is 17.0. The lowest BCUT2D eigenvalue weighted by Crippen LogP contribution is -2.14. The van der Waals surface area contributed by atoms with Crippen LogP contribution in [0.25, 0.3) is 0 Å². The van der Waals surface area contributed by atoms with E-state index in [0.29, 0.717) is 13.0 Å². The van der Waals surface area contributed by atoms with Gasteiger partial charge in [0.2, 0.25) is 10.4 Å². The van der Waals surface area contributed by atoms with Gasteiger partial charge in [-0.2, -0.15) is 0 Å². The van der Waals surface area contributed by atoms with E-state index in [1.54, 1.807) is 0 Å². The zero-order valence-electron chi connectivity index (χ0n) is 27.2. The monoisotopic (exact) mass is 610 g/mol. The lowest BCUT2D eigenvalue weighted by atomic mass is 10.1. The molecular formula is C32H67O6PS. The maximum atomic E-state index is 11.0. The van der Waals surface area contributed by atoms with Crippen LogP contribution in [0, 0.1) is 0 Å². The Hall–Kier alpha value is -0.230. The molecule has 8 heteroatoms. The standard InChI is InChI=1S/C24H50O2P.C8H18O4S/c1-5-8-11-15-20-27(21-16-12-9-6-2,22-17-13-10-7-3)23-18-14-19-26-24(4)25;1-2-3-4-5-6-7-8-12-13(9,10)11/h5-23H2,1-4H3;2-8H2,1H3,(H,9,10,11)/q+1;/p-1. The molecule has 0 rings (SSSR count). The number of rotatable bonds is 28. The Kier molecular flexibility index (Phi) is 31.7. The first-order valence-corrected chi connectivity index (χ1v) is 20.6. The second-order valence-electron chi connectivity index (χ2n) is 11.5. The predicted octanol–water partition coefficient (Wildman–Crippen LogP) is 9.91. The van der Waals surface area contributed by atoms with Gasteiger partial charge in [-0.05, 0) is 57.8 Å². The predicted molar refractivity (Wildman–Crippen MR) is 174 cm³/mol. The topological polar surface area (TPSA) is 92.7 Å². The third-order valence-corrected chi connectivity index (χ3v) is 13.0. The molecule has 0 fully saturated rings. The molecule has 0 aliphatic rings. The van der Waals surface area contributed by atoms with E-state index in [1.807, 2.05) is 0 Å². The summed E-state index contributed by atoms with van der Waals surface area (Å²) in [7, 11) is -5.29. The maximum Gasteiger partial charge on any atom is 0.302 e. The van der Waals surface area contributed by atoms with E-state index in [-0.39, 0.29) is 12.6 Å². The van der Waals surface area contributed by atoms with Crippen molar-refractivity contribution in [2.75, 3.05) is 37.9 Å². The van der Waals surface area contributed by atoms with Crippen LogP contribution in [0.4, 0.5) is 0 Å². The van der Waals surface area contributed by atoms with Crippen LogP contribution in [0.3, 0.4) is 0 Å². The van der Waals surface area contributed by atoms with Crippen LogP contribution >= 0.6 is 7.26 Å². The summed E-state index contributed by atoms with van der Waals surface area (Å²) in [6.07, 6.45) is 31.4. The summed E-state index contributed by atoms with van der Waals surface area (Å²) < 4.78 is 39.2. The maximum absolute atomic E-state index is 11.0. The minimum atomic E-state index is -4.47. The van der Waals surface area contributed by atoms with Crippen molar-refractivity contribution in [3.63, 3.8) is 0 Å². The fourth-order valence-corrected chi connectivity index (χ4v) is 10.3. The van der Waals surface area contributed by atoms with Gasteiger partial charge >= 0.3 is 5.97 Å². The summed E-state index contributed by atoms with van der Waals surface area (Å²) in [6.45, 7) is 11.2. The average Bonchev–Trinajstić information content (AvgIpc) is 2.90. The van der Waals surface area contributed by atoms with Crippen molar-refractivity contribution in [2.24, 2.45) is 0 Å². The van der Waals surface area contributed by atoms with Crippen LogP contribution in [0.5, 0.6) is 0 Å². The highest BCUT2D eigenvalue weighted by Gasteiger charge is 2.35. The van der Waals surface area contributed by atoms with Gasteiger partial charge in [0.15, 0.2) is 0 Å². The fraction of sp³-hybridized carbons (Fsp3) is 0.969. The Balaban J connectivity index is 0. The fourth-order valence-electron chi connectivity index (χ4n) is 5.10. The highest BCUT2D eigenvalue weighted by atomic mass is 32.3. The van der Waals surface area contributed by atoms with Crippen molar-refractivity contribution in [1.82, 2.24) is 0 Å². The highest BCUT2D eigenvalue weighted by Crippen LogP contribution is 2.61. The van der Waals surface area contributed by atoms with Gasteiger partial charge in [-0.15, -0.1) is 0 Å². The van der Waals surface area contributed by atoms with Crippen molar-refractivity contribution in [3.8, 4) is 0 Å². The van der Waals surface area contributed by atoms with Crippen LogP contribution in [-0.4, -0.2) is 56.8 Å². The summed E-state index contributed by atoms with van der Waals surface area (Å²) >= 11 is 0. The number of carbonyl (C=O) groups is 1. The Labute approximate surface area is 250 Å². The van der Waals surface area contributed by atoms with Gasteiger partial charge in [-0.25, -0.2) is 8.42 Å². The number of unbranched alkanes of at least 4 members (excludes halogenated alkanes) is 15. The molecule has 0 heterocycles. The molecule has 0 N–H and O–H groups in total. The Morgan fingerprint density at radius 2 is 0.875 bits per heavy atom. The van der Waals surface area contributed by atoms with Crippen LogP contribution < -0.4 is 0 Å². The van der Waals surface area contributed by atoms with Gasteiger partial charge in [0, 0.05) is 14.2 Å². The molecule has 0 saturated carbocycles. The quantitative estimate of drug-likeness (QED) is 0.0288. The van der Waals surface area contributed by atoms with Crippen molar-refractivity contribution in [3.05, 3.63) is 0 Å². The number of esters is 1. The molecule has 40 heavy (non-hydrogen) atoms. The molecule has 0 spiro atoms. The molecule has 0 aromatic heterocycles. The summed E-state index contributed by atoms with van der Waals surface area (Å²) in [5, 5.41) is 0. The Morgan fingerprint density at radius 3 is 1.25 bits per heavy atom. The highest BCUT2D eigenvalue weighted by molar-refractivity contribution is 7.80. The summed E-state index contributed by atoms with van der Waals surface area (Å²) in [6, 6.07) is 0. The van der Waals surface area contributed by atoms with Crippen molar-refractivity contribution >= 4 is 23.6 Å². The second kappa shape index (κ2) is 30.2. The Morgan fingerprint density at radius 1 is 0.550 bits per heavy atom. The normalized spacial score (nSPS) is 11.8. The molecule has 0 bridgehead atoms. The molecule has 0 saturated heterocycles. The van der Waals surface area contributed by atoms with E-state index in [2.05, 4.69) is 31.9 Å². The van der Waals surface area contributed by atoms with Gasteiger partial charge in [-0.3, -0.25) is 8.98 Å². The van der Waals surface area contributed by atoms with Crippen LogP contribution in [-0.2, 0) is 24.1 Å². The van der Waals surface area contributed by atoms with Crippen LogP contribution in [0.1, 0.15) is 163 Å². The molecule has 0 atom stereocenters. The van der Waals surface area contributed by atoms with Crippen molar-refractivity contribution < 1.29 is 26.7 Å². The van der Waals surface area contributed by atoms with Crippen LogP contribution in [0.2, 0.25) is 0 Å². The molecule has 6 nitrogen and oxygen atoms in total. The largest absolute Gasteiger partial charge is 0.726 e. The molecule has 0 unspecified atom stereocenters. The molecule has 0 amide bonds. The lowest BCUT2D eigenvalue weighted by Gasteiger charge is -2.28. The summed E-state index contributed by atoms with van der Waals surface area (Å²) in [5.41, 5.74) is 0. The van der Waals surface area contributed by atoms with E-state index >= 15 is 0 Å². The SMILES string of the molecule is CCCCCCCCOS(=O)(=O)[O-].CCCCCC[P+](CCCCCC)(CCCCCC)CCCCOC(C)=O. The molecule has 0 aliphatic heterocycles. The first kappa shape index (κ1) is 41.9. The third kappa shape index (κ3) is 32.3. The molecular weight excluding hydrogens is 543 g/mol. The zero-order valence-corrected chi connectivity index (χ0v) is 28.9. The molecule has 0 radical (unpaired) electrons. The number of hydrogen-bond acceptors (Lipinski definition) is 6. The zero-order chi connectivity index (χ0) is 30.4. The Bertz CT molecular complexity index is 610. The van der Waals surface area contributed by atoms with Gasteiger partial charge in [0.05, 0.1) is 37.9 Å². The van der Waals surface area contributed by atoms with E-state index in [1.165, 1.54) is 134 Å².